The first-order valence-electron chi connectivity index (χ1n) is 6.82. The predicted octanol–water partition coefficient (Wildman–Crippen LogP) is 3.05. The number of phenolic OH excluding ortho intramolecular Hbond substituents is 1. The molecule has 0 saturated carbocycles. The summed E-state index contributed by atoms with van der Waals surface area (Å²) in [6.07, 6.45) is 1.73. The summed E-state index contributed by atoms with van der Waals surface area (Å²) in [6.45, 7) is 7.62. The van der Waals surface area contributed by atoms with E-state index in [1.807, 2.05) is 27.7 Å². The molecule has 0 radical (unpaired) electrons. The lowest BCUT2D eigenvalue weighted by Crippen LogP contribution is -2.41. The third kappa shape index (κ3) is 3.26. The summed E-state index contributed by atoms with van der Waals surface area (Å²) in [4.78, 5) is 0. The van der Waals surface area contributed by atoms with Gasteiger partial charge in [-0.3, -0.25) is 0 Å². The molecule has 0 unspecified atom stereocenters. The maximum absolute atomic E-state index is 9.61. The molecule has 1 aliphatic heterocycles. The number of aliphatic hydroxyl groups excluding tert-OH is 1. The second-order valence-corrected chi connectivity index (χ2v) is 6.58. The molecule has 1 aliphatic rings. The largest absolute Gasteiger partial charge is 0.508 e. The molecule has 0 amide bonds. The van der Waals surface area contributed by atoms with Crippen molar-refractivity contribution in [1.82, 2.24) is 0 Å². The second kappa shape index (κ2) is 5.65. The summed E-state index contributed by atoms with van der Waals surface area (Å²) in [5.41, 5.74) is 0.337. The molecule has 0 spiro atoms. The normalized spacial score (nSPS) is 20.9. The molecule has 1 aromatic rings. The summed E-state index contributed by atoms with van der Waals surface area (Å²) in [6, 6.07) is 4.67. The highest BCUT2D eigenvalue weighted by molar-refractivity contribution is 6.56. The molecule has 0 atom stereocenters. The Hall–Kier alpha value is -1.01. The van der Waals surface area contributed by atoms with Gasteiger partial charge in [0.25, 0.3) is 0 Å². The average molecular weight is 311 g/mol. The zero-order valence-electron chi connectivity index (χ0n) is 12.7. The van der Waals surface area contributed by atoms with Crippen molar-refractivity contribution in [3.8, 4) is 5.75 Å². The van der Waals surface area contributed by atoms with Gasteiger partial charge in [-0.15, -0.1) is 0 Å². The molecule has 0 aromatic heterocycles. The van der Waals surface area contributed by atoms with E-state index in [0.717, 1.165) is 0 Å². The van der Waals surface area contributed by atoms with Crippen LogP contribution >= 0.6 is 11.6 Å². The Labute approximate surface area is 130 Å². The topological polar surface area (TPSA) is 58.9 Å². The van der Waals surface area contributed by atoms with Crippen molar-refractivity contribution in [2.45, 2.75) is 38.9 Å². The molecule has 4 nitrogen and oxygen atoms in total. The van der Waals surface area contributed by atoms with Crippen LogP contribution in [-0.2, 0) is 9.31 Å². The van der Waals surface area contributed by atoms with Crippen molar-refractivity contribution in [2.75, 3.05) is 6.61 Å². The monoisotopic (exact) mass is 310 g/mol. The Kier molecular flexibility index (Phi) is 4.40. The van der Waals surface area contributed by atoms with E-state index in [4.69, 9.17) is 20.9 Å². The molecule has 1 fully saturated rings. The molecule has 21 heavy (non-hydrogen) atoms. The first-order valence-corrected chi connectivity index (χ1v) is 7.19. The average Bonchev–Trinajstić information content (AvgIpc) is 2.57. The van der Waals surface area contributed by atoms with Gasteiger partial charge in [0.05, 0.1) is 22.8 Å². The van der Waals surface area contributed by atoms with Crippen molar-refractivity contribution in [3.05, 3.63) is 34.3 Å². The lowest BCUT2D eigenvalue weighted by molar-refractivity contribution is 0.00578. The third-order valence-electron chi connectivity index (χ3n) is 4.06. The highest BCUT2D eigenvalue weighted by atomic mass is 35.5. The number of aliphatic hydroxyl groups is 1. The predicted molar refractivity (Wildman–Crippen MR) is 84.3 cm³/mol. The van der Waals surface area contributed by atoms with Crippen LogP contribution in [0.1, 0.15) is 33.3 Å². The van der Waals surface area contributed by atoms with Crippen LogP contribution in [0.4, 0.5) is 0 Å². The molecular weight excluding hydrogens is 290 g/mol. The van der Waals surface area contributed by atoms with Crippen molar-refractivity contribution >= 4 is 24.8 Å². The van der Waals surface area contributed by atoms with E-state index in [2.05, 4.69) is 0 Å². The van der Waals surface area contributed by atoms with Crippen LogP contribution in [0.2, 0.25) is 5.02 Å². The zero-order valence-corrected chi connectivity index (χ0v) is 13.4. The Morgan fingerprint density at radius 3 is 2.29 bits per heavy atom. The van der Waals surface area contributed by atoms with Crippen molar-refractivity contribution in [1.29, 1.82) is 0 Å². The molecule has 1 heterocycles. The Morgan fingerprint density at radius 1 is 1.24 bits per heavy atom. The second-order valence-electron chi connectivity index (χ2n) is 6.17. The fourth-order valence-electron chi connectivity index (χ4n) is 2.02. The van der Waals surface area contributed by atoms with Crippen LogP contribution in [0.3, 0.4) is 0 Å². The van der Waals surface area contributed by atoms with Gasteiger partial charge in [-0.1, -0.05) is 17.7 Å². The minimum Gasteiger partial charge on any atom is -0.508 e. The molecule has 2 N–H and O–H groups in total. The number of rotatable bonds is 3. The Bertz CT molecular complexity index is 553. The number of hydrogen-bond acceptors (Lipinski definition) is 4. The van der Waals surface area contributed by atoms with Gasteiger partial charge in [-0.25, -0.2) is 0 Å². The molecule has 0 aliphatic carbocycles. The molecule has 1 aromatic carbocycles. The summed E-state index contributed by atoms with van der Waals surface area (Å²) < 4.78 is 11.8. The first-order chi connectivity index (χ1) is 9.66. The van der Waals surface area contributed by atoms with Gasteiger partial charge in [0.2, 0.25) is 0 Å². The molecule has 114 valence electrons. The van der Waals surface area contributed by atoms with Crippen LogP contribution < -0.4 is 0 Å². The van der Waals surface area contributed by atoms with Crippen LogP contribution in [0.25, 0.3) is 6.08 Å². The van der Waals surface area contributed by atoms with Gasteiger partial charge in [-0.05, 0) is 56.9 Å². The number of benzene rings is 1. The van der Waals surface area contributed by atoms with E-state index in [-0.39, 0.29) is 12.4 Å². The van der Waals surface area contributed by atoms with Gasteiger partial charge in [-0.2, -0.15) is 0 Å². The van der Waals surface area contributed by atoms with Crippen LogP contribution in [-0.4, -0.2) is 35.1 Å². The minimum atomic E-state index is -0.620. The van der Waals surface area contributed by atoms with E-state index >= 15 is 0 Å². The smallest absolute Gasteiger partial charge is 0.492 e. The molecule has 1 saturated heterocycles. The van der Waals surface area contributed by atoms with E-state index in [9.17, 15) is 10.2 Å². The fourth-order valence-corrected chi connectivity index (χ4v) is 2.24. The highest BCUT2D eigenvalue weighted by Gasteiger charge is 2.52. The standard InChI is InChI=1S/C15H20BClO4/c1-14(2)15(3,4)21-16(20-14)11(9-18)7-10-5-6-12(19)8-13(10)17/h5-8,18-19H,9H2,1-4H3. The van der Waals surface area contributed by atoms with Gasteiger partial charge in [0.15, 0.2) is 0 Å². The SMILES string of the molecule is CC1(C)OB(C(=Cc2ccc(O)cc2Cl)CO)OC1(C)C. The lowest BCUT2D eigenvalue weighted by atomic mass is 9.77. The number of aromatic hydroxyl groups is 1. The van der Waals surface area contributed by atoms with E-state index < -0.39 is 18.3 Å². The third-order valence-corrected chi connectivity index (χ3v) is 4.39. The van der Waals surface area contributed by atoms with Crippen LogP contribution in [0.5, 0.6) is 5.75 Å². The van der Waals surface area contributed by atoms with Crippen molar-refractivity contribution in [2.24, 2.45) is 0 Å². The molecular formula is C15H20BClO4. The van der Waals surface area contributed by atoms with Gasteiger partial charge >= 0.3 is 7.12 Å². The molecule has 2 rings (SSSR count). The first kappa shape index (κ1) is 16.4. The Morgan fingerprint density at radius 2 is 1.81 bits per heavy atom. The van der Waals surface area contributed by atoms with Crippen LogP contribution in [0, 0.1) is 0 Å². The van der Waals surface area contributed by atoms with Gasteiger partial charge in [0, 0.05) is 0 Å². The van der Waals surface area contributed by atoms with E-state index in [0.29, 0.717) is 16.1 Å². The molecule has 0 bridgehead atoms. The maximum Gasteiger partial charge on any atom is 0.492 e. The number of halogens is 1. The van der Waals surface area contributed by atoms with Crippen molar-refractivity contribution < 1.29 is 19.5 Å². The summed E-state index contributed by atoms with van der Waals surface area (Å²) >= 11 is 6.08. The Balaban J connectivity index is 2.31. The van der Waals surface area contributed by atoms with Crippen LogP contribution in [0.15, 0.2) is 23.7 Å². The van der Waals surface area contributed by atoms with E-state index in [1.165, 1.54) is 12.1 Å². The van der Waals surface area contributed by atoms with E-state index in [1.54, 1.807) is 12.1 Å². The summed E-state index contributed by atoms with van der Waals surface area (Å²) in [5.74, 6) is 0.0957. The quantitative estimate of drug-likeness (QED) is 0.843. The lowest BCUT2D eigenvalue weighted by Gasteiger charge is -2.32. The minimum absolute atomic E-state index is 0.0957. The van der Waals surface area contributed by atoms with Gasteiger partial charge in [0.1, 0.15) is 5.75 Å². The number of hydrogen-bond donors (Lipinski definition) is 2. The zero-order chi connectivity index (χ0) is 15.8. The number of phenols is 1. The highest BCUT2D eigenvalue weighted by Crippen LogP contribution is 2.39. The van der Waals surface area contributed by atoms with Crippen molar-refractivity contribution in [3.63, 3.8) is 0 Å². The summed E-state index contributed by atoms with van der Waals surface area (Å²) in [5, 5.41) is 19.4. The summed E-state index contributed by atoms with van der Waals surface area (Å²) in [7, 11) is -0.620. The molecule has 6 heteroatoms. The maximum atomic E-state index is 9.61. The van der Waals surface area contributed by atoms with Gasteiger partial charge < -0.3 is 19.5 Å². The fraction of sp³-hybridized carbons (Fsp3) is 0.467.